The Balaban J connectivity index is 1.29. The number of esters is 1. The fourth-order valence-corrected chi connectivity index (χ4v) is 4.04. The normalized spacial score (nSPS) is 10.8. The van der Waals surface area contributed by atoms with Crippen molar-refractivity contribution in [1.29, 1.82) is 0 Å². The summed E-state index contributed by atoms with van der Waals surface area (Å²) in [6.07, 6.45) is 2.74. The Morgan fingerprint density at radius 1 is 1.09 bits per heavy atom. The van der Waals surface area contributed by atoms with E-state index >= 15 is 0 Å². The number of nitrogens with zero attached hydrogens (tertiary/aromatic N) is 4. The van der Waals surface area contributed by atoms with E-state index in [0.29, 0.717) is 16.7 Å². The van der Waals surface area contributed by atoms with Crippen molar-refractivity contribution in [2.45, 2.75) is 22.8 Å². The summed E-state index contributed by atoms with van der Waals surface area (Å²) in [6.45, 7) is -0.328. The molecular formula is C23H21N5O4S. The van der Waals surface area contributed by atoms with Crippen molar-refractivity contribution >= 4 is 40.4 Å². The van der Waals surface area contributed by atoms with Gasteiger partial charge in [-0.05, 0) is 24.3 Å². The Morgan fingerprint density at radius 3 is 2.67 bits per heavy atom. The number of anilines is 1. The van der Waals surface area contributed by atoms with Gasteiger partial charge in [-0.25, -0.2) is 4.98 Å². The van der Waals surface area contributed by atoms with Crippen LogP contribution < -0.4 is 10.9 Å². The van der Waals surface area contributed by atoms with Crippen LogP contribution in [0.3, 0.4) is 0 Å². The molecule has 2 aromatic heterocycles. The van der Waals surface area contributed by atoms with Gasteiger partial charge >= 0.3 is 5.97 Å². The maximum atomic E-state index is 12.4. The number of benzene rings is 2. The molecule has 9 nitrogen and oxygen atoms in total. The molecule has 168 valence electrons. The highest BCUT2D eigenvalue weighted by Crippen LogP contribution is 2.33. The predicted octanol–water partition coefficient (Wildman–Crippen LogP) is 2.85. The molecule has 2 heterocycles. The van der Waals surface area contributed by atoms with E-state index in [2.05, 4.69) is 15.4 Å². The van der Waals surface area contributed by atoms with E-state index in [1.54, 1.807) is 13.1 Å². The molecule has 4 rings (SSSR count). The first-order valence-corrected chi connectivity index (χ1v) is 11.0. The molecule has 2 aromatic carbocycles. The van der Waals surface area contributed by atoms with Gasteiger partial charge in [0.1, 0.15) is 5.39 Å². The van der Waals surface area contributed by atoms with E-state index in [9.17, 15) is 14.4 Å². The highest BCUT2D eigenvalue weighted by atomic mass is 32.2. The van der Waals surface area contributed by atoms with Gasteiger partial charge < -0.3 is 10.1 Å². The zero-order valence-corrected chi connectivity index (χ0v) is 18.6. The molecule has 10 heteroatoms. The fraction of sp³-hybridized carbons (Fsp3) is 0.174. The summed E-state index contributed by atoms with van der Waals surface area (Å²) in [5.74, 6) is -1.03. The van der Waals surface area contributed by atoms with Crippen LogP contribution in [-0.2, 0) is 27.9 Å². The summed E-state index contributed by atoms with van der Waals surface area (Å²) < 4.78 is 7.90. The third-order valence-corrected chi connectivity index (χ3v) is 5.86. The highest BCUT2D eigenvalue weighted by molar-refractivity contribution is 7.99. The van der Waals surface area contributed by atoms with E-state index < -0.39 is 18.5 Å². The van der Waals surface area contributed by atoms with Crippen LogP contribution in [0.15, 0.2) is 81.7 Å². The number of para-hydroxylation sites is 1. The van der Waals surface area contributed by atoms with Crippen molar-refractivity contribution in [1.82, 2.24) is 19.3 Å². The van der Waals surface area contributed by atoms with E-state index in [-0.39, 0.29) is 18.5 Å². The maximum Gasteiger partial charge on any atom is 0.308 e. The van der Waals surface area contributed by atoms with Gasteiger partial charge in [-0.3, -0.25) is 23.6 Å². The van der Waals surface area contributed by atoms with Gasteiger partial charge in [-0.15, -0.1) is 0 Å². The first kappa shape index (κ1) is 22.3. The van der Waals surface area contributed by atoms with E-state index in [0.717, 1.165) is 9.79 Å². The Morgan fingerprint density at radius 2 is 1.85 bits per heavy atom. The van der Waals surface area contributed by atoms with Gasteiger partial charge in [0.05, 0.1) is 24.6 Å². The summed E-state index contributed by atoms with van der Waals surface area (Å²) in [4.78, 5) is 43.0. The Hall–Kier alpha value is -3.92. The van der Waals surface area contributed by atoms with Gasteiger partial charge in [0.2, 0.25) is 0 Å². The minimum atomic E-state index is -0.588. The predicted molar refractivity (Wildman–Crippen MR) is 124 cm³/mol. The van der Waals surface area contributed by atoms with Gasteiger partial charge in [-0.1, -0.05) is 42.1 Å². The quantitative estimate of drug-likeness (QED) is 0.400. The standard InChI is InChI=1S/C23H21N5O4S/c1-27-22-17(13-25-27)23(31)28(15-24-22)12-11-21(30)32-14-20(29)26-18-9-5-6-10-19(18)33-16-7-3-2-4-8-16/h2-10,13,15H,11-12,14H2,1H3,(H,26,29). The molecule has 0 aliphatic heterocycles. The van der Waals surface area contributed by atoms with Gasteiger partial charge in [0.15, 0.2) is 12.3 Å². The van der Waals surface area contributed by atoms with Crippen molar-refractivity contribution in [3.63, 3.8) is 0 Å². The third kappa shape index (κ3) is 5.47. The number of aromatic nitrogens is 4. The number of ether oxygens (including phenoxy) is 1. The van der Waals surface area contributed by atoms with Gasteiger partial charge in [0.25, 0.3) is 11.5 Å². The zero-order chi connectivity index (χ0) is 23.2. The SMILES string of the molecule is Cn1ncc2c(=O)n(CCC(=O)OCC(=O)Nc3ccccc3Sc3ccccc3)cnc21. The van der Waals surface area contributed by atoms with Gasteiger partial charge in [-0.2, -0.15) is 5.10 Å². The molecule has 0 radical (unpaired) electrons. The Labute approximate surface area is 193 Å². The molecule has 1 N–H and O–H groups in total. The van der Waals surface area contributed by atoms with Crippen LogP contribution in [0.1, 0.15) is 6.42 Å². The second-order valence-electron chi connectivity index (χ2n) is 7.12. The molecule has 0 aliphatic rings. The van der Waals surface area contributed by atoms with Crippen molar-refractivity contribution in [3.05, 3.63) is 77.5 Å². The average Bonchev–Trinajstić information content (AvgIpc) is 3.21. The van der Waals surface area contributed by atoms with Gasteiger partial charge in [0, 0.05) is 23.4 Å². The van der Waals surface area contributed by atoms with Crippen LogP contribution in [0.4, 0.5) is 5.69 Å². The molecule has 0 bridgehead atoms. The number of hydrogen-bond donors (Lipinski definition) is 1. The van der Waals surface area contributed by atoms with Crippen LogP contribution in [0.2, 0.25) is 0 Å². The zero-order valence-electron chi connectivity index (χ0n) is 17.8. The first-order chi connectivity index (χ1) is 16.0. The monoisotopic (exact) mass is 463 g/mol. The second kappa shape index (κ2) is 10.1. The minimum absolute atomic E-state index is 0.0684. The lowest BCUT2D eigenvalue weighted by atomic mass is 10.3. The molecule has 4 aromatic rings. The van der Waals surface area contributed by atoms with Crippen molar-refractivity contribution < 1.29 is 14.3 Å². The molecule has 0 atom stereocenters. The Kier molecular flexibility index (Phi) is 6.84. The molecule has 0 saturated carbocycles. The largest absolute Gasteiger partial charge is 0.456 e. The number of aryl methyl sites for hydroxylation is 2. The summed E-state index contributed by atoms with van der Waals surface area (Å²) in [5.41, 5.74) is 0.821. The summed E-state index contributed by atoms with van der Waals surface area (Å²) >= 11 is 1.52. The smallest absolute Gasteiger partial charge is 0.308 e. The number of carbonyl (C=O) groups excluding carboxylic acids is 2. The number of rotatable bonds is 8. The summed E-state index contributed by atoms with van der Waals surface area (Å²) in [6, 6.07) is 17.2. The number of fused-ring (bicyclic) bond motifs is 1. The molecule has 0 unspecified atom stereocenters. The van der Waals surface area contributed by atoms with Crippen molar-refractivity contribution in [3.8, 4) is 0 Å². The molecule has 0 fully saturated rings. The second-order valence-corrected chi connectivity index (χ2v) is 8.23. The van der Waals surface area contributed by atoms with E-state index in [1.165, 1.54) is 33.5 Å². The lowest BCUT2D eigenvalue weighted by molar-refractivity contribution is -0.147. The van der Waals surface area contributed by atoms with Crippen LogP contribution in [0, 0.1) is 0 Å². The van der Waals surface area contributed by atoms with Crippen molar-refractivity contribution in [2.75, 3.05) is 11.9 Å². The topological polar surface area (TPSA) is 108 Å². The lowest BCUT2D eigenvalue weighted by Crippen LogP contribution is -2.24. The van der Waals surface area contributed by atoms with Crippen LogP contribution >= 0.6 is 11.8 Å². The summed E-state index contributed by atoms with van der Waals surface area (Å²) in [5, 5.41) is 7.16. The minimum Gasteiger partial charge on any atom is -0.456 e. The fourth-order valence-electron chi connectivity index (χ4n) is 3.12. The molecule has 0 aliphatic carbocycles. The maximum absolute atomic E-state index is 12.4. The number of nitrogens with one attached hydrogen (secondary N) is 1. The molecule has 0 saturated heterocycles. The van der Waals surface area contributed by atoms with Crippen LogP contribution in [0.5, 0.6) is 0 Å². The molecule has 33 heavy (non-hydrogen) atoms. The van der Waals surface area contributed by atoms with E-state index in [1.807, 2.05) is 48.5 Å². The third-order valence-electron chi connectivity index (χ3n) is 4.77. The Bertz CT molecular complexity index is 1350. The summed E-state index contributed by atoms with van der Waals surface area (Å²) in [7, 11) is 1.69. The molecular weight excluding hydrogens is 442 g/mol. The average molecular weight is 464 g/mol. The molecule has 1 amide bonds. The first-order valence-electron chi connectivity index (χ1n) is 10.2. The number of carbonyl (C=O) groups is 2. The van der Waals surface area contributed by atoms with Crippen molar-refractivity contribution in [2.24, 2.45) is 7.05 Å². The van der Waals surface area contributed by atoms with Crippen LogP contribution in [-0.4, -0.2) is 37.8 Å². The van der Waals surface area contributed by atoms with Crippen LogP contribution in [0.25, 0.3) is 11.0 Å². The van der Waals surface area contributed by atoms with E-state index in [4.69, 9.17) is 4.74 Å². The number of amides is 1. The molecule has 0 spiro atoms. The highest BCUT2D eigenvalue weighted by Gasteiger charge is 2.13. The lowest BCUT2D eigenvalue weighted by Gasteiger charge is -2.11. The number of hydrogen-bond acceptors (Lipinski definition) is 7.